The Balaban J connectivity index is 1.45. The van der Waals surface area contributed by atoms with E-state index in [-0.39, 0.29) is 11.7 Å². The van der Waals surface area contributed by atoms with Gasteiger partial charge in [0, 0.05) is 43.1 Å². The summed E-state index contributed by atoms with van der Waals surface area (Å²) in [6.07, 6.45) is 3.88. The zero-order valence-electron chi connectivity index (χ0n) is 14.8. The molecule has 0 spiro atoms. The fourth-order valence-electron chi connectivity index (χ4n) is 3.76. The topological polar surface area (TPSA) is 67.0 Å². The summed E-state index contributed by atoms with van der Waals surface area (Å²) in [5.74, 6) is 0. The lowest BCUT2D eigenvalue weighted by Crippen LogP contribution is -2.36. The molecule has 5 heteroatoms. The number of anilines is 1. The monoisotopic (exact) mass is 348 g/mol. The van der Waals surface area contributed by atoms with Crippen LogP contribution in [0.25, 0.3) is 11.3 Å². The second-order valence-electron chi connectivity index (χ2n) is 6.96. The lowest BCUT2D eigenvalue weighted by Gasteiger charge is -2.32. The van der Waals surface area contributed by atoms with Crippen LogP contribution in [0.15, 0.2) is 65.6 Å². The summed E-state index contributed by atoms with van der Waals surface area (Å²) < 4.78 is 1.85. The summed E-state index contributed by atoms with van der Waals surface area (Å²) >= 11 is 0. The van der Waals surface area contributed by atoms with Crippen LogP contribution in [-0.2, 0) is 6.54 Å². The molecule has 1 aromatic heterocycles. The molecule has 5 nitrogen and oxygen atoms in total. The molecule has 0 atom stereocenters. The molecule has 0 bridgehead atoms. The minimum atomic E-state index is -0.0511. The van der Waals surface area contributed by atoms with Gasteiger partial charge in [-0.05, 0) is 24.5 Å². The summed E-state index contributed by atoms with van der Waals surface area (Å²) in [7, 11) is 0. The number of imidazole rings is 1. The highest BCUT2D eigenvalue weighted by atomic mass is 16.1. The maximum atomic E-state index is 12.4. The van der Waals surface area contributed by atoms with Gasteiger partial charge in [-0.2, -0.15) is 0 Å². The van der Waals surface area contributed by atoms with E-state index in [0.717, 1.165) is 43.7 Å². The summed E-state index contributed by atoms with van der Waals surface area (Å²) in [6, 6.07) is 18.4. The quantitative estimate of drug-likeness (QED) is 0.711. The molecule has 2 aromatic carbocycles. The Morgan fingerprint density at radius 2 is 1.69 bits per heavy atom. The van der Waals surface area contributed by atoms with E-state index < -0.39 is 0 Å². The molecule has 0 radical (unpaired) electrons. The molecule has 1 fully saturated rings. The van der Waals surface area contributed by atoms with Gasteiger partial charge < -0.3 is 10.7 Å². The maximum Gasteiger partial charge on any atom is 0.326 e. The molecule has 1 aliphatic heterocycles. The summed E-state index contributed by atoms with van der Waals surface area (Å²) in [5, 5.41) is 0. The first-order chi connectivity index (χ1) is 12.7. The molecule has 2 heterocycles. The fraction of sp³-hybridized carbons (Fsp3) is 0.286. The Hall–Kier alpha value is -2.79. The second kappa shape index (κ2) is 7.22. The number of hydrogen-bond donors (Lipinski definition) is 2. The van der Waals surface area contributed by atoms with Crippen LogP contribution in [0.3, 0.4) is 0 Å². The molecule has 26 heavy (non-hydrogen) atoms. The molecule has 3 aromatic rings. The van der Waals surface area contributed by atoms with Gasteiger partial charge in [0.15, 0.2) is 0 Å². The van der Waals surface area contributed by atoms with Crippen LogP contribution in [0.4, 0.5) is 5.69 Å². The average molecular weight is 348 g/mol. The number of hydrogen-bond acceptors (Lipinski definition) is 3. The predicted molar refractivity (Wildman–Crippen MR) is 105 cm³/mol. The predicted octanol–water partition coefficient (Wildman–Crippen LogP) is 3.26. The number of para-hydroxylation sites is 1. The molecule has 4 rings (SSSR count). The molecule has 3 N–H and O–H groups in total. The third-order valence-electron chi connectivity index (χ3n) is 5.19. The van der Waals surface area contributed by atoms with E-state index in [1.807, 2.05) is 41.1 Å². The highest BCUT2D eigenvalue weighted by Gasteiger charge is 2.22. The molecule has 0 amide bonds. The number of aromatic nitrogens is 2. The van der Waals surface area contributed by atoms with Gasteiger partial charge in [-0.25, -0.2) is 4.79 Å². The highest BCUT2D eigenvalue weighted by Crippen LogP contribution is 2.26. The van der Waals surface area contributed by atoms with E-state index in [0.29, 0.717) is 5.69 Å². The van der Waals surface area contributed by atoms with Crippen LogP contribution in [0.1, 0.15) is 24.4 Å². The van der Waals surface area contributed by atoms with Crippen molar-refractivity contribution in [3.8, 4) is 11.3 Å². The van der Waals surface area contributed by atoms with Crippen LogP contribution >= 0.6 is 0 Å². The van der Waals surface area contributed by atoms with E-state index in [4.69, 9.17) is 5.73 Å². The van der Waals surface area contributed by atoms with Crippen molar-refractivity contribution in [2.45, 2.75) is 25.4 Å². The zero-order chi connectivity index (χ0) is 17.9. The van der Waals surface area contributed by atoms with Crippen LogP contribution in [0.5, 0.6) is 0 Å². The first kappa shape index (κ1) is 16.7. The third-order valence-corrected chi connectivity index (χ3v) is 5.19. The number of nitrogens with two attached hydrogens (primary N) is 1. The fourth-order valence-corrected chi connectivity index (χ4v) is 3.76. The molecule has 134 valence electrons. The van der Waals surface area contributed by atoms with Gasteiger partial charge in [0.2, 0.25) is 0 Å². The van der Waals surface area contributed by atoms with Gasteiger partial charge in [0.05, 0.1) is 5.69 Å². The minimum Gasteiger partial charge on any atom is -0.398 e. The van der Waals surface area contributed by atoms with Crippen molar-refractivity contribution in [1.82, 2.24) is 14.5 Å². The molecule has 0 saturated carbocycles. The third kappa shape index (κ3) is 3.44. The zero-order valence-corrected chi connectivity index (χ0v) is 14.8. The Kier molecular flexibility index (Phi) is 4.63. The number of H-pyrrole nitrogens is 1. The van der Waals surface area contributed by atoms with Gasteiger partial charge >= 0.3 is 5.69 Å². The minimum absolute atomic E-state index is 0.0511. The summed E-state index contributed by atoms with van der Waals surface area (Å²) in [4.78, 5) is 17.9. The highest BCUT2D eigenvalue weighted by molar-refractivity contribution is 5.73. The van der Waals surface area contributed by atoms with Crippen molar-refractivity contribution in [1.29, 1.82) is 0 Å². The van der Waals surface area contributed by atoms with Crippen LogP contribution in [-0.4, -0.2) is 27.5 Å². The number of likely N-dealkylation sites (tertiary alicyclic amines) is 1. The SMILES string of the molecule is Nc1ccccc1-c1cn(C2CCN(Cc3ccccc3)CC2)c(=O)[nH]1. The summed E-state index contributed by atoms with van der Waals surface area (Å²) in [5.41, 5.74) is 9.68. The number of nitrogens with one attached hydrogen (secondary N) is 1. The van der Waals surface area contributed by atoms with Gasteiger partial charge in [-0.3, -0.25) is 9.47 Å². The Labute approximate surface area is 153 Å². The lowest BCUT2D eigenvalue weighted by atomic mass is 10.0. The normalized spacial score (nSPS) is 16.0. The van der Waals surface area contributed by atoms with Crippen LogP contribution < -0.4 is 11.4 Å². The Morgan fingerprint density at radius 1 is 1.00 bits per heavy atom. The summed E-state index contributed by atoms with van der Waals surface area (Å²) in [6.45, 7) is 2.97. The molecule has 1 aliphatic rings. The van der Waals surface area contributed by atoms with E-state index in [9.17, 15) is 4.79 Å². The number of aromatic amines is 1. The van der Waals surface area contributed by atoms with Crippen molar-refractivity contribution >= 4 is 5.69 Å². The standard InChI is InChI=1S/C21H24N4O/c22-19-9-5-4-8-18(19)20-15-25(21(26)23-20)17-10-12-24(13-11-17)14-16-6-2-1-3-7-16/h1-9,15,17H,10-14,22H2,(H,23,26). The van der Waals surface area contributed by atoms with Gasteiger partial charge in [-0.15, -0.1) is 0 Å². The first-order valence-corrected chi connectivity index (χ1v) is 9.13. The molecular formula is C21H24N4O. The van der Waals surface area contributed by atoms with Gasteiger partial charge in [-0.1, -0.05) is 48.5 Å². The first-order valence-electron chi connectivity index (χ1n) is 9.13. The van der Waals surface area contributed by atoms with E-state index in [2.05, 4.69) is 34.1 Å². The molecule has 0 unspecified atom stereocenters. The Morgan fingerprint density at radius 3 is 2.42 bits per heavy atom. The number of nitrogens with zero attached hydrogens (tertiary/aromatic N) is 2. The lowest BCUT2D eigenvalue weighted by molar-refractivity contribution is 0.178. The average Bonchev–Trinajstić information content (AvgIpc) is 3.05. The van der Waals surface area contributed by atoms with Crippen molar-refractivity contribution in [3.05, 3.63) is 76.8 Å². The van der Waals surface area contributed by atoms with E-state index >= 15 is 0 Å². The van der Waals surface area contributed by atoms with Crippen molar-refractivity contribution in [3.63, 3.8) is 0 Å². The number of rotatable bonds is 4. The molecule has 1 saturated heterocycles. The second-order valence-corrected chi connectivity index (χ2v) is 6.96. The largest absolute Gasteiger partial charge is 0.398 e. The molecular weight excluding hydrogens is 324 g/mol. The Bertz CT molecular complexity index is 920. The van der Waals surface area contributed by atoms with Gasteiger partial charge in [0.25, 0.3) is 0 Å². The number of nitrogen functional groups attached to an aromatic ring is 1. The number of benzene rings is 2. The van der Waals surface area contributed by atoms with Gasteiger partial charge in [0.1, 0.15) is 0 Å². The van der Waals surface area contributed by atoms with E-state index in [1.165, 1.54) is 5.56 Å². The van der Waals surface area contributed by atoms with Crippen molar-refractivity contribution in [2.75, 3.05) is 18.8 Å². The maximum absolute atomic E-state index is 12.4. The van der Waals surface area contributed by atoms with Crippen molar-refractivity contribution < 1.29 is 0 Å². The molecule has 0 aliphatic carbocycles. The van der Waals surface area contributed by atoms with Crippen LogP contribution in [0, 0.1) is 0 Å². The van der Waals surface area contributed by atoms with E-state index in [1.54, 1.807) is 0 Å². The van der Waals surface area contributed by atoms with Crippen molar-refractivity contribution in [2.24, 2.45) is 0 Å². The smallest absolute Gasteiger partial charge is 0.326 e. The number of piperidine rings is 1. The van der Waals surface area contributed by atoms with Crippen LogP contribution in [0.2, 0.25) is 0 Å².